The second-order valence-electron chi connectivity index (χ2n) is 2.23. The van der Waals surface area contributed by atoms with Crippen LogP contribution in [0.1, 0.15) is 19.8 Å². The van der Waals surface area contributed by atoms with Crippen molar-refractivity contribution in [2.24, 2.45) is 0 Å². The minimum absolute atomic E-state index is 0.153. The molecule has 3 heteroatoms. The molecule has 0 spiro atoms. The van der Waals surface area contributed by atoms with Gasteiger partial charge in [0.05, 0.1) is 5.03 Å². The predicted molar refractivity (Wildman–Crippen MR) is 43.6 cm³/mol. The Morgan fingerprint density at radius 3 is 3.10 bits per heavy atom. The van der Waals surface area contributed by atoms with Gasteiger partial charge in [-0.25, -0.2) is 0 Å². The highest BCUT2D eigenvalue weighted by molar-refractivity contribution is 8.16. The number of rotatable bonds is 1. The maximum Gasteiger partial charge on any atom is 0.191 e. The van der Waals surface area contributed by atoms with E-state index in [4.69, 9.17) is 0 Å². The van der Waals surface area contributed by atoms with Crippen LogP contribution >= 0.6 is 11.8 Å². The fraction of sp³-hybridized carbons (Fsp3) is 0.571. The molecule has 10 heavy (non-hydrogen) atoms. The van der Waals surface area contributed by atoms with Crippen LogP contribution in [0.2, 0.25) is 0 Å². The quantitative estimate of drug-likeness (QED) is 0.625. The second kappa shape index (κ2) is 3.66. The average molecular weight is 157 g/mol. The molecule has 0 atom stereocenters. The van der Waals surface area contributed by atoms with Crippen LogP contribution in [0.4, 0.5) is 0 Å². The Labute approximate surface area is 65.1 Å². The first kappa shape index (κ1) is 7.66. The summed E-state index contributed by atoms with van der Waals surface area (Å²) in [5.41, 5.74) is 0. The SMILES string of the molecule is CC(=O)SC1=CCCCN1. The molecule has 0 aromatic carbocycles. The molecule has 0 unspecified atom stereocenters. The van der Waals surface area contributed by atoms with E-state index in [1.54, 1.807) is 6.92 Å². The Morgan fingerprint density at radius 1 is 1.80 bits per heavy atom. The van der Waals surface area contributed by atoms with Gasteiger partial charge in [-0.15, -0.1) is 0 Å². The van der Waals surface area contributed by atoms with E-state index in [-0.39, 0.29) is 5.12 Å². The molecule has 1 heterocycles. The maximum absolute atomic E-state index is 10.6. The second-order valence-corrected chi connectivity index (χ2v) is 3.45. The maximum atomic E-state index is 10.6. The molecule has 0 amide bonds. The molecule has 1 rings (SSSR count). The molecule has 0 radical (unpaired) electrons. The van der Waals surface area contributed by atoms with Gasteiger partial charge in [0.1, 0.15) is 0 Å². The predicted octanol–water partition coefficient (Wildman–Crippen LogP) is 1.49. The van der Waals surface area contributed by atoms with Crippen LogP contribution in [0.5, 0.6) is 0 Å². The van der Waals surface area contributed by atoms with Gasteiger partial charge in [-0.3, -0.25) is 4.79 Å². The third-order valence-corrected chi connectivity index (χ3v) is 2.08. The van der Waals surface area contributed by atoms with Crippen molar-refractivity contribution in [3.05, 3.63) is 11.1 Å². The Balaban J connectivity index is 2.38. The minimum Gasteiger partial charge on any atom is -0.380 e. The van der Waals surface area contributed by atoms with E-state index in [1.165, 1.54) is 18.2 Å². The average Bonchev–Trinajstić information content (AvgIpc) is 1.88. The lowest BCUT2D eigenvalue weighted by Gasteiger charge is -2.12. The third-order valence-electron chi connectivity index (χ3n) is 1.26. The Hall–Kier alpha value is -0.440. The van der Waals surface area contributed by atoms with Gasteiger partial charge in [-0.1, -0.05) is 6.08 Å². The number of nitrogens with one attached hydrogen (secondary N) is 1. The standard InChI is InChI=1S/C7H11NOS/c1-6(9)10-7-4-2-3-5-8-7/h4,8H,2-3,5H2,1H3. The number of hydrogen-bond donors (Lipinski definition) is 1. The largest absolute Gasteiger partial charge is 0.380 e. The van der Waals surface area contributed by atoms with Crippen molar-refractivity contribution >= 4 is 16.9 Å². The normalized spacial score (nSPS) is 17.5. The first-order valence-corrected chi connectivity index (χ1v) is 4.23. The van der Waals surface area contributed by atoms with E-state index in [0.717, 1.165) is 18.0 Å². The molecule has 0 aromatic rings. The summed E-state index contributed by atoms with van der Waals surface area (Å²) >= 11 is 1.29. The summed E-state index contributed by atoms with van der Waals surface area (Å²) in [7, 11) is 0. The van der Waals surface area contributed by atoms with Gasteiger partial charge in [0.15, 0.2) is 5.12 Å². The summed E-state index contributed by atoms with van der Waals surface area (Å²) in [6.45, 7) is 2.59. The monoisotopic (exact) mass is 157 g/mol. The molecular weight excluding hydrogens is 146 g/mol. The summed E-state index contributed by atoms with van der Waals surface area (Å²) < 4.78 is 0. The number of carbonyl (C=O) groups excluding carboxylic acids is 1. The number of hydrogen-bond acceptors (Lipinski definition) is 3. The molecule has 2 nitrogen and oxygen atoms in total. The van der Waals surface area contributed by atoms with Crippen molar-refractivity contribution in [2.45, 2.75) is 19.8 Å². The summed E-state index contributed by atoms with van der Waals surface area (Å²) in [5, 5.41) is 4.33. The van der Waals surface area contributed by atoms with E-state index >= 15 is 0 Å². The molecule has 0 fully saturated rings. The summed E-state index contributed by atoms with van der Waals surface area (Å²) in [6.07, 6.45) is 4.36. The summed E-state index contributed by atoms with van der Waals surface area (Å²) in [5.74, 6) is 0. The number of thioether (sulfide) groups is 1. The first-order chi connectivity index (χ1) is 4.79. The fourth-order valence-corrected chi connectivity index (χ4v) is 1.54. The van der Waals surface area contributed by atoms with Crippen LogP contribution in [0.15, 0.2) is 11.1 Å². The minimum atomic E-state index is 0.153. The van der Waals surface area contributed by atoms with E-state index in [0.29, 0.717) is 0 Å². The number of allylic oxidation sites excluding steroid dienone is 1. The van der Waals surface area contributed by atoms with Crippen LogP contribution in [0.3, 0.4) is 0 Å². The molecule has 1 N–H and O–H groups in total. The highest BCUT2D eigenvalue weighted by Gasteiger charge is 2.04. The van der Waals surface area contributed by atoms with Gasteiger partial charge >= 0.3 is 0 Å². The third kappa shape index (κ3) is 2.43. The van der Waals surface area contributed by atoms with Gasteiger partial charge in [-0.2, -0.15) is 0 Å². The van der Waals surface area contributed by atoms with Crippen molar-refractivity contribution in [3.8, 4) is 0 Å². The fourth-order valence-electron chi connectivity index (χ4n) is 0.852. The van der Waals surface area contributed by atoms with E-state index < -0.39 is 0 Å². The molecule has 0 aliphatic carbocycles. The highest BCUT2D eigenvalue weighted by Crippen LogP contribution is 2.16. The lowest BCUT2D eigenvalue weighted by Crippen LogP contribution is -2.16. The zero-order valence-corrected chi connectivity index (χ0v) is 6.83. The van der Waals surface area contributed by atoms with E-state index in [9.17, 15) is 4.79 Å². The van der Waals surface area contributed by atoms with Crippen molar-refractivity contribution in [1.82, 2.24) is 5.32 Å². The number of carbonyl (C=O) groups is 1. The zero-order chi connectivity index (χ0) is 7.40. The zero-order valence-electron chi connectivity index (χ0n) is 6.02. The van der Waals surface area contributed by atoms with E-state index in [1.807, 2.05) is 0 Å². The van der Waals surface area contributed by atoms with Gasteiger partial charge < -0.3 is 5.32 Å². The molecule has 1 aliphatic rings. The molecule has 56 valence electrons. The molecule has 0 saturated carbocycles. The highest BCUT2D eigenvalue weighted by atomic mass is 32.2. The lowest BCUT2D eigenvalue weighted by atomic mass is 10.2. The summed E-state index contributed by atoms with van der Waals surface area (Å²) in [4.78, 5) is 10.6. The lowest BCUT2D eigenvalue weighted by molar-refractivity contribution is -0.109. The summed E-state index contributed by atoms with van der Waals surface area (Å²) in [6, 6.07) is 0. The Bertz CT molecular complexity index is 165. The smallest absolute Gasteiger partial charge is 0.191 e. The van der Waals surface area contributed by atoms with Crippen molar-refractivity contribution in [1.29, 1.82) is 0 Å². The van der Waals surface area contributed by atoms with Gasteiger partial charge in [-0.05, 0) is 24.6 Å². The van der Waals surface area contributed by atoms with Crippen LogP contribution in [0.25, 0.3) is 0 Å². The molecule has 0 bridgehead atoms. The van der Waals surface area contributed by atoms with Crippen molar-refractivity contribution < 1.29 is 4.79 Å². The van der Waals surface area contributed by atoms with Crippen LogP contribution in [0, 0.1) is 0 Å². The van der Waals surface area contributed by atoms with Gasteiger partial charge in [0, 0.05) is 13.5 Å². The topological polar surface area (TPSA) is 29.1 Å². The molecule has 1 aliphatic heterocycles. The van der Waals surface area contributed by atoms with Crippen LogP contribution < -0.4 is 5.32 Å². The van der Waals surface area contributed by atoms with Crippen molar-refractivity contribution in [2.75, 3.05) is 6.54 Å². The van der Waals surface area contributed by atoms with Gasteiger partial charge in [0.25, 0.3) is 0 Å². The van der Waals surface area contributed by atoms with Crippen LogP contribution in [-0.4, -0.2) is 11.7 Å². The molecule has 0 aromatic heterocycles. The van der Waals surface area contributed by atoms with Gasteiger partial charge in [0.2, 0.25) is 0 Å². The first-order valence-electron chi connectivity index (χ1n) is 3.41. The molecule has 0 saturated heterocycles. The molecular formula is C7H11NOS. The Kier molecular flexibility index (Phi) is 2.81. The van der Waals surface area contributed by atoms with Crippen LogP contribution in [-0.2, 0) is 4.79 Å². The van der Waals surface area contributed by atoms with E-state index in [2.05, 4.69) is 11.4 Å². The Morgan fingerprint density at radius 2 is 2.60 bits per heavy atom. The van der Waals surface area contributed by atoms with Crippen molar-refractivity contribution in [3.63, 3.8) is 0 Å².